The largest absolute Gasteiger partial charge is 0.490 e. The molecule has 1 heterocycles. The third-order valence-electron chi connectivity index (χ3n) is 3.84. The average molecular weight is 426 g/mol. The zero-order valence-electron chi connectivity index (χ0n) is 15.1. The zero-order valence-corrected chi connectivity index (χ0v) is 15.8. The van der Waals surface area contributed by atoms with Gasteiger partial charge in [0.05, 0.1) is 22.8 Å². The Labute approximate surface area is 168 Å². The first kappa shape index (κ1) is 20.8. The summed E-state index contributed by atoms with van der Waals surface area (Å²) in [6.45, 7) is 0.581. The summed E-state index contributed by atoms with van der Waals surface area (Å²) in [5.41, 5.74) is -0.221. The third kappa shape index (κ3) is 4.93. The van der Waals surface area contributed by atoms with Gasteiger partial charge in [0.25, 0.3) is 0 Å². The van der Waals surface area contributed by atoms with Gasteiger partial charge in [-0.3, -0.25) is 0 Å². The van der Waals surface area contributed by atoms with Crippen LogP contribution in [0.2, 0.25) is 5.02 Å². The van der Waals surface area contributed by atoms with Crippen molar-refractivity contribution in [1.82, 2.24) is 15.0 Å². The number of halogens is 4. The molecular weight excluding hydrogens is 411 g/mol. The van der Waals surface area contributed by atoms with Crippen LogP contribution in [0.25, 0.3) is 22.8 Å². The molecule has 0 bridgehead atoms. The number of nitrogens with zero attached hydrogens (tertiary/aromatic N) is 3. The molecule has 0 aliphatic carbocycles. The van der Waals surface area contributed by atoms with E-state index in [9.17, 15) is 18.3 Å². The lowest BCUT2D eigenvalue weighted by molar-refractivity contribution is -0.137. The van der Waals surface area contributed by atoms with Crippen molar-refractivity contribution < 1.29 is 27.8 Å². The molecule has 0 fully saturated rings. The van der Waals surface area contributed by atoms with Crippen LogP contribution in [0, 0.1) is 0 Å². The van der Waals surface area contributed by atoms with Gasteiger partial charge in [-0.15, -0.1) is 0 Å². The highest BCUT2D eigenvalue weighted by molar-refractivity contribution is 6.33. The summed E-state index contributed by atoms with van der Waals surface area (Å²) in [7, 11) is 1.53. The Morgan fingerprint density at radius 2 is 1.66 bits per heavy atom. The summed E-state index contributed by atoms with van der Waals surface area (Å²) in [4.78, 5) is 12.0. The topological polar surface area (TPSA) is 77.4 Å². The highest BCUT2D eigenvalue weighted by Crippen LogP contribution is 2.36. The predicted octanol–water partition coefficient (Wildman–Crippen LogP) is 4.61. The van der Waals surface area contributed by atoms with Gasteiger partial charge in [-0.05, 0) is 24.3 Å². The van der Waals surface area contributed by atoms with Crippen LogP contribution >= 0.6 is 11.6 Å². The molecule has 1 aromatic heterocycles. The van der Waals surface area contributed by atoms with Gasteiger partial charge in [0, 0.05) is 12.7 Å². The van der Waals surface area contributed by atoms with Crippen molar-refractivity contribution in [2.75, 3.05) is 20.3 Å². The first-order valence-corrected chi connectivity index (χ1v) is 8.70. The SMILES string of the molecule is COCCOc1cccc(Cl)c1-c1nc(O)nc(-c2ccc(C(F)(F)F)cc2)n1. The van der Waals surface area contributed by atoms with Crippen LogP contribution in [0.1, 0.15) is 5.56 Å². The van der Waals surface area contributed by atoms with Gasteiger partial charge in [-0.1, -0.05) is 29.8 Å². The van der Waals surface area contributed by atoms with Crippen LogP contribution < -0.4 is 4.74 Å². The van der Waals surface area contributed by atoms with E-state index in [1.54, 1.807) is 18.2 Å². The summed E-state index contributed by atoms with van der Waals surface area (Å²) >= 11 is 6.28. The maximum atomic E-state index is 12.8. The van der Waals surface area contributed by atoms with E-state index in [0.29, 0.717) is 17.9 Å². The molecule has 0 aliphatic rings. The van der Waals surface area contributed by atoms with Crippen molar-refractivity contribution >= 4 is 11.6 Å². The maximum Gasteiger partial charge on any atom is 0.416 e. The normalized spacial score (nSPS) is 11.5. The highest BCUT2D eigenvalue weighted by Gasteiger charge is 2.30. The van der Waals surface area contributed by atoms with Gasteiger partial charge >= 0.3 is 12.2 Å². The molecule has 0 radical (unpaired) electrons. The van der Waals surface area contributed by atoms with E-state index < -0.39 is 17.8 Å². The lowest BCUT2D eigenvalue weighted by Gasteiger charge is -2.13. The second-order valence-electron chi connectivity index (χ2n) is 5.81. The first-order valence-electron chi connectivity index (χ1n) is 8.33. The van der Waals surface area contributed by atoms with Crippen molar-refractivity contribution in [2.24, 2.45) is 0 Å². The lowest BCUT2D eigenvalue weighted by atomic mass is 10.1. The third-order valence-corrected chi connectivity index (χ3v) is 4.15. The fraction of sp³-hybridized carbons (Fsp3) is 0.211. The Balaban J connectivity index is 2.02. The summed E-state index contributed by atoms with van der Waals surface area (Å²) in [6.07, 6.45) is -4.46. The molecule has 0 aliphatic heterocycles. The maximum absolute atomic E-state index is 12.8. The van der Waals surface area contributed by atoms with Crippen molar-refractivity contribution in [3.05, 3.63) is 53.1 Å². The molecule has 3 aromatic rings. The average Bonchev–Trinajstić information content (AvgIpc) is 2.67. The Hall–Kier alpha value is -2.91. The fourth-order valence-corrected chi connectivity index (χ4v) is 2.74. The number of alkyl halides is 3. The molecule has 6 nitrogen and oxygen atoms in total. The van der Waals surface area contributed by atoms with E-state index >= 15 is 0 Å². The van der Waals surface area contributed by atoms with E-state index in [4.69, 9.17) is 21.1 Å². The summed E-state index contributed by atoms with van der Waals surface area (Å²) in [5.74, 6) is 0.368. The van der Waals surface area contributed by atoms with Crippen LogP contribution in [-0.4, -0.2) is 40.4 Å². The molecule has 10 heteroatoms. The molecule has 0 atom stereocenters. The number of ether oxygens (including phenoxy) is 2. The van der Waals surface area contributed by atoms with Crippen LogP contribution in [0.15, 0.2) is 42.5 Å². The molecule has 0 unspecified atom stereocenters. The molecular formula is C19H15ClF3N3O3. The molecule has 0 spiro atoms. The van der Waals surface area contributed by atoms with Gasteiger partial charge in [-0.2, -0.15) is 23.1 Å². The monoisotopic (exact) mass is 425 g/mol. The predicted molar refractivity (Wildman–Crippen MR) is 99.7 cm³/mol. The zero-order chi connectivity index (χ0) is 21.0. The molecule has 2 aromatic carbocycles. The highest BCUT2D eigenvalue weighted by atomic mass is 35.5. The van der Waals surface area contributed by atoms with E-state index in [-0.39, 0.29) is 28.8 Å². The van der Waals surface area contributed by atoms with Gasteiger partial charge < -0.3 is 14.6 Å². The molecule has 0 saturated heterocycles. The minimum absolute atomic E-state index is 0.0102. The Morgan fingerprint density at radius 3 is 2.31 bits per heavy atom. The Bertz CT molecular complexity index is 998. The summed E-state index contributed by atoms with van der Waals surface area (Å²) in [6, 6.07) is 8.55. The molecule has 0 saturated carbocycles. The van der Waals surface area contributed by atoms with Crippen LogP contribution in [0.5, 0.6) is 11.8 Å². The number of hydrogen-bond donors (Lipinski definition) is 1. The lowest BCUT2D eigenvalue weighted by Crippen LogP contribution is -2.06. The van der Waals surface area contributed by atoms with Crippen molar-refractivity contribution in [3.8, 4) is 34.5 Å². The number of aromatic nitrogens is 3. The van der Waals surface area contributed by atoms with Gasteiger partial charge in [0.1, 0.15) is 12.4 Å². The minimum atomic E-state index is -4.46. The number of methoxy groups -OCH3 is 1. The standard InChI is InChI=1S/C19H15ClF3N3O3/c1-28-9-10-29-14-4-2-3-13(20)15(14)17-24-16(25-18(27)26-17)11-5-7-12(8-6-11)19(21,22)23/h2-8H,9-10H2,1H3,(H,24,25,26,27). The Kier molecular flexibility index (Phi) is 6.19. The van der Waals surface area contributed by atoms with E-state index in [0.717, 1.165) is 12.1 Å². The van der Waals surface area contributed by atoms with Crippen molar-refractivity contribution in [1.29, 1.82) is 0 Å². The van der Waals surface area contributed by atoms with Gasteiger partial charge in [0.15, 0.2) is 11.6 Å². The first-order chi connectivity index (χ1) is 13.8. The number of benzene rings is 2. The summed E-state index contributed by atoms with van der Waals surface area (Å²) < 4.78 is 48.9. The van der Waals surface area contributed by atoms with E-state index in [2.05, 4.69) is 15.0 Å². The second-order valence-corrected chi connectivity index (χ2v) is 6.22. The van der Waals surface area contributed by atoms with E-state index in [1.165, 1.54) is 19.2 Å². The molecule has 3 rings (SSSR count). The van der Waals surface area contributed by atoms with Crippen LogP contribution in [0.4, 0.5) is 13.2 Å². The van der Waals surface area contributed by atoms with Crippen LogP contribution in [0.3, 0.4) is 0 Å². The van der Waals surface area contributed by atoms with Crippen molar-refractivity contribution in [3.63, 3.8) is 0 Å². The smallest absolute Gasteiger partial charge is 0.416 e. The quantitative estimate of drug-likeness (QED) is 0.581. The minimum Gasteiger partial charge on any atom is -0.490 e. The number of aromatic hydroxyl groups is 1. The second kappa shape index (κ2) is 8.62. The molecule has 0 amide bonds. The number of rotatable bonds is 6. The summed E-state index contributed by atoms with van der Waals surface area (Å²) in [5, 5.41) is 10.2. The fourth-order valence-electron chi connectivity index (χ4n) is 2.49. The Morgan fingerprint density at radius 1 is 0.966 bits per heavy atom. The van der Waals surface area contributed by atoms with Crippen LogP contribution in [-0.2, 0) is 10.9 Å². The van der Waals surface area contributed by atoms with Gasteiger partial charge in [-0.25, -0.2) is 4.98 Å². The molecule has 29 heavy (non-hydrogen) atoms. The van der Waals surface area contributed by atoms with Crippen molar-refractivity contribution in [2.45, 2.75) is 6.18 Å². The van der Waals surface area contributed by atoms with E-state index in [1.807, 2.05) is 0 Å². The van der Waals surface area contributed by atoms with Gasteiger partial charge in [0.2, 0.25) is 0 Å². The number of hydrogen-bond acceptors (Lipinski definition) is 6. The molecule has 152 valence electrons. The molecule has 1 N–H and O–H groups in total.